The van der Waals surface area contributed by atoms with E-state index in [1.165, 1.54) is 5.56 Å². The number of rotatable bonds is 4. The quantitative estimate of drug-likeness (QED) is 0.849. The molecule has 0 aromatic heterocycles. The third kappa shape index (κ3) is 3.33. The SMILES string of the molecule is Cc1ccc(NC(C)Cc2ccccc2)c(F)c1. The minimum absolute atomic E-state index is 0.185. The minimum atomic E-state index is -0.185. The predicted octanol–water partition coefficient (Wildman–Crippen LogP) is 4.18. The Balaban J connectivity index is 2.01. The molecule has 0 aliphatic heterocycles. The zero-order chi connectivity index (χ0) is 13.0. The second-order valence-electron chi connectivity index (χ2n) is 4.72. The third-order valence-corrected chi connectivity index (χ3v) is 2.91. The fraction of sp³-hybridized carbons (Fsp3) is 0.250. The Hall–Kier alpha value is -1.83. The van der Waals surface area contributed by atoms with Crippen molar-refractivity contribution in [2.75, 3.05) is 5.32 Å². The van der Waals surface area contributed by atoms with E-state index in [2.05, 4.69) is 24.4 Å². The van der Waals surface area contributed by atoms with Crippen LogP contribution in [0.1, 0.15) is 18.1 Å². The third-order valence-electron chi connectivity index (χ3n) is 2.91. The number of hydrogen-bond donors (Lipinski definition) is 1. The van der Waals surface area contributed by atoms with Crippen molar-refractivity contribution in [1.29, 1.82) is 0 Å². The van der Waals surface area contributed by atoms with Crippen molar-refractivity contribution in [1.82, 2.24) is 0 Å². The van der Waals surface area contributed by atoms with Crippen LogP contribution in [0.25, 0.3) is 0 Å². The van der Waals surface area contributed by atoms with Crippen molar-refractivity contribution >= 4 is 5.69 Å². The highest BCUT2D eigenvalue weighted by Crippen LogP contribution is 2.17. The van der Waals surface area contributed by atoms with E-state index in [0.717, 1.165) is 12.0 Å². The van der Waals surface area contributed by atoms with Crippen molar-refractivity contribution < 1.29 is 4.39 Å². The lowest BCUT2D eigenvalue weighted by Gasteiger charge is -2.16. The molecule has 1 nitrogen and oxygen atoms in total. The molecule has 0 radical (unpaired) electrons. The van der Waals surface area contributed by atoms with E-state index in [9.17, 15) is 4.39 Å². The molecule has 94 valence electrons. The van der Waals surface area contributed by atoms with Gasteiger partial charge in [0.2, 0.25) is 0 Å². The predicted molar refractivity (Wildman–Crippen MR) is 74.4 cm³/mol. The first-order valence-corrected chi connectivity index (χ1v) is 6.22. The number of hydrogen-bond acceptors (Lipinski definition) is 1. The summed E-state index contributed by atoms with van der Waals surface area (Å²) in [7, 11) is 0. The molecule has 1 atom stereocenters. The smallest absolute Gasteiger partial charge is 0.146 e. The summed E-state index contributed by atoms with van der Waals surface area (Å²) in [5.41, 5.74) is 2.77. The molecule has 18 heavy (non-hydrogen) atoms. The Bertz CT molecular complexity index is 508. The lowest BCUT2D eigenvalue weighted by atomic mass is 10.1. The summed E-state index contributed by atoms with van der Waals surface area (Å²) in [5.74, 6) is -0.185. The minimum Gasteiger partial charge on any atom is -0.380 e. The van der Waals surface area contributed by atoms with Crippen molar-refractivity contribution in [3.8, 4) is 0 Å². The molecule has 2 heteroatoms. The van der Waals surface area contributed by atoms with Gasteiger partial charge in [0.1, 0.15) is 5.82 Å². The van der Waals surface area contributed by atoms with Crippen LogP contribution < -0.4 is 5.32 Å². The maximum absolute atomic E-state index is 13.7. The number of nitrogens with one attached hydrogen (secondary N) is 1. The summed E-state index contributed by atoms with van der Waals surface area (Å²) in [4.78, 5) is 0. The summed E-state index contributed by atoms with van der Waals surface area (Å²) in [6, 6.07) is 15.7. The molecule has 0 aliphatic carbocycles. The van der Waals surface area contributed by atoms with E-state index in [1.54, 1.807) is 12.1 Å². The van der Waals surface area contributed by atoms with Gasteiger partial charge in [-0.25, -0.2) is 4.39 Å². The Morgan fingerprint density at radius 1 is 1.11 bits per heavy atom. The molecule has 0 saturated heterocycles. The van der Waals surface area contributed by atoms with Crippen molar-refractivity contribution in [2.45, 2.75) is 26.3 Å². The molecule has 1 unspecified atom stereocenters. The van der Waals surface area contributed by atoms with E-state index in [1.807, 2.05) is 31.2 Å². The van der Waals surface area contributed by atoms with Crippen LogP contribution in [0.5, 0.6) is 0 Å². The van der Waals surface area contributed by atoms with Gasteiger partial charge in [0.05, 0.1) is 5.69 Å². The lowest BCUT2D eigenvalue weighted by Crippen LogP contribution is -2.18. The molecule has 0 spiro atoms. The molecule has 2 aromatic carbocycles. The molecule has 0 bridgehead atoms. The van der Waals surface area contributed by atoms with Crippen LogP contribution in [-0.4, -0.2) is 6.04 Å². The molecule has 0 aliphatic rings. The van der Waals surface area contributed by atoms with Crippen molar-refractivity contribution in [2.24, 2.45) is 0 Å². The molecule has 0 saturated carbocycles. The standard InChI is InChI=1S/C16H18FN/c1-12-8-9-16(15(17)10-12)18-13(2)11-14-6-4-3-5-7-14/h3-10,13,18H,11H2,1-2H3. The summed E-state index contributed by atoms with van der Waals surface area (Å²) >= 11 is 0. The first-order chi connectivity index (χ1) is 8.65. The highest BCUT2D eigenvalue weighted by Gasteiger charge is 2.07. The maximum atomic E-state index is 13.7. The van der Waals surface area contributed by atoms with E-state index in [-0.39, 0.29) is 11.9 Å². The highest BCUT2D eigenvalue weighted by atomic mass is 19.1. The number of aryl methyl sites for hydroxylation is 1. The van der Waals surface area contributed by atoms with Crippen LogP contribution in [0.2, 0.25) is 0 Å². The Morgan fingerprint density at radius 2 is 1.83 bits per heavy atom. The number of halogens is 1. The number of anilines is 1. The zero-order valence-electron chi connectivity index (χ0n) is 10.8. The van der Waals surface area contributed by atoms with Crippen LogP contribution in [0.15, 0.2) is 48.5 Å². The van der Waals surface area contributed by atoms with Crippen LogP contribution in [0.4, 0.5) is 10.1 Å². The van der Waals surface area contributed by atoms with Crippen LogP contribution in [0.3, 0.4) is 0 Å². The normalized spacial score (nSPS) is 12.2. The average Bonchev–Trinajstić information content (AvgIpc) is 2.34. The summed E-state index contributed by atoms with van der Waals surface area (Å²) in [5, 5.41) is 3.21. The Labute approximate surface area is 108 Å². The van der Waals surface area contributed by atoms with E-state index < -0.39 is 0 Å². The van der Waals surface area contributed by atoms with Gasteiger partial charge in [-0.3, -0.25) is 0 Å². The number of benzene rings is 2. The van der Waals surface area contributed by atoms with Gasteiger partial charge in [0.15, 0.2) is 0 Å². The van der Waals surface area contributed by atoms with Gasteiger partial charge in [-0.05, 0) is 43.5 Å². The first kappa shape index (κ1) is 12.6. The molecular weight excluding hydrogens is 225 g/mol. The lowest BCUT2D eigenvalue weighted by molar-refractivity contribution is 0.624. The van der Waals surface area contributed by atoms with Gasteiger partial charge in [-0.2, -0.15) is 0 Å². The fourth-order valence-electron chi connectivity index (χ4n) is 2.02. The van der Waals surface area contributed by atoms with E-state index in [0.29, 0.717) is 5.69 Å². The summed E-state index contributed by atoms with van der Waals surface area (Å²) in [6.45, 7) is 3.95. The second-order valence-corrected chi connectivity index (χ2v) is 4.72. The van der Waals surface area contributed by atoms with Crippen LogP contribution >= 0.6 is 0 Å². The average molecular weight is 243 g/mol. The van der Waals surface area contributed by atoms with Gasteiger partial charge in [-0.1, -0.05) is 36.4 Å². The van der Waals surface area contributed by atoms with Crippen LogP contribution in [-0.2, 0) is 6.42 Å². The van der Waals surface area contributed by atoms with Gasteiger partial charge in [0, 0.05) is 6.04 Å². The van der Waals surface area contributed by atoms with Crippen molar-refractivity contribution in [3.05, 3.63) is 65.5 Å². The Morgan fingerprint density at radius 3 is 2.50 bits per heavy atom. The summed E-state index contributed by atoms with van der Waals surface area (Å²) in [6.07, 6.45) is 0.883. The molecule has 0 amide bonds. The van der Waals surface area contributed by atoms with Gasteiger partial charge >= 0.3 is 0 Å². The van der Waals surface area contributed by atoms with Gasteiger partial charge < -0.3 is 5.32 Å². The molecule has 2 aromatic rings. The van der Waals surface area contributed by atoms with E-state index >= 15 is 0 Å². The van der Waals surface area contributed by atoms with Gasteiger partial charge in [-0.15, -0.1) is 0 Å². The Kier molecular flexibility index (Phi) is 3.98. The summed E-state index contributed by atoms with van der Waals surface area (Å²) < 4.78 is 13.7. The van der Waals surface area contributed by atoms with E-state index in [4.69, 9.17) is 0 Å². The zero-order valence-corrected chi connectivity index (χ0v) is 10.8. The van der Waals surface area contributed by atoms with Crippen LogP contribution in [0, 0.1) is 12.7 Å². The molecule has 1 N–H and O–H groups in total. The highest BCUT2D eigenvalue weighted by molar-refractivity contribution is 5.47. The maximum Gasteiger partial charge on any atom is 0.146 e. The first-order valence-electron chi connectivity index (χ1n) is 6.22. The second kappa shape index (κ2) is 5.67. The largest absolute Gasteiger partial charge is 0.380 e. The topological polar surface area (TPSA) is 12.0 Å². The van der Waals surface area contributed by atoms with Crippen molar-refractivity contribution in [3.63, 3.8) is 0 Å². The fourth-order valence-corrected chi connectivity index (χ4v) is 2.02. The molecular formula is C16H18FN. The monoisotopic (exact) mass is 243 g/mol. The van der Waals surface area contributed by atoms with Gasteiger partial charge in [0.25, 0.3) is 0 Å². The molecule has 0 heterocycles. The molecule has 2 rings (SSSR count). The molecule has 0 fully saturated rings.